The second kappa shape index (κ2) is 7.80. The van der Waals surface area contributed by atoms with Gasteiger partial charge in [0.15, 0.2) is 5.06 Å². The van der Waals surface area contributed by atoms with Crippen LogP contribution >= 0.6 is 11.3 Å². The van der Waals surface area contributed by atoms with Crippen LogP contribution in [0.5, 0.6) is 10.8 Å². The zero-order chi connectivity index (χ0) is 29.1. The molecule has 39 heavy (non-hydrogen) atoms. The van der Waals surface area contributed by atoms with Gasteiger partial charge in [0.25, 0.3) is 0 Å². The van der Waals surface area contributed by atoms with Crippen LogP contribution in [0.4, 0.5) is 17.1 Å². The molecule has 2 aliphatic rings. The molecule has 0 N–H and O–H groups in total. The number of hydrogen-bond acceptors (Lipinski definition) is 4. The van der Waals surface area contributed by atoms with Gasteiger partial charge in [-0.1, -0.05) is 74.1 Å². The number of anilines is 3. The molecule has 0 bridgehead atoms. The van der Waals surface area contributed by atoms with Crippen LogP contribution in [0.25, 0.3) is 21.1 Å². The Morgan fingerprint density at radius 2 is 1.72 bits per heavy atom. The van der Waals surface area contributed by atoms with Crippen molar-refractivity contribution in [2.75, 3.05) is 4.90 Å². The van der Waals surface area contributed by atoms with Crippen molar-refractivity contribution < 1.29 is 13.3 Å². The number of aryl methyl sites for hydroxylation is 2. The van der Waals surface area contributed by atoms with Crippen LogP contribution in [0, 0.1) is 13.8 Å². The van der Waals surface area contributed by atoms with Gasteiger partial charge in [-0.15, -0.1) is 0 Å². The molecule has 0 radical (unpaired) electrons. The summed E-state index contributed by atoms with van der Waals surface area (Å²) < 4.78 is 39.6. The van der Waals surface area contributed by atoms with Crippen LogP contribution in [-0.2, 0) is 5.41 Å². The molecular weight excluding hydrogens is 497 g/mol. The SMILES string of the molecule is [2H]C([2H])([2H])c1cc2c3c(c1)N(c1ccccc1)c1c(oc4ccc(C(C)(C)C)cc14)B3c1c(sc3ccc(C)cc13)O2. The molecule has 0 aliphatic carbocycles. The topological polar surface area (TPSA) is 25.6 Å². The number of ether oxygens (including phenoxy) is 1. The largest absolute Gasteiger partial charge is 0.468 e. The van der Waals surface area contributed by atoms with Crippen LogP contribution < -0.4 is 26.2 Å². The second-order valence-electron chi connectivity index (χ2n) is 11.7. The van der Waals surface area contributed by atoms with Crippen molar-refractivity contribution in [2.24, 2.45) is 0 Å². The molecule has 6 aromatic rings. The van der Waals surface area contributed by atoms with E-state index in [2.05, 4.69) is 81.1 Å². The van der Waals surface area contributed by atoms with Gasteiger partial charge in [0.2, 0.25) is 0 Å². The predicted octanol–water partition coefficient (Wildman–Crippen LogP) is 7.97. The molecule has 0 unspecified atom stereocenters. The van der Waals surface area contributed by atoms with E-state index in [-0.39, 0.29) is 17.7 Å². The summed E-state index contributed by atoms with van der Waals surface area (Å²) in [7, 11) is 0. The zero-order valence-electron chi connectivity index (χ0n) is 25.3. The van der Waals surface area contributed by atoms with Crippen molar-refractivity contribution in [2.45, 2.75) is 40.0 Å². The lowest BCUT2D eigenvalue weighted by molar-refractivity contribution is 0.500. The number of fused-ring (bicyclic) bond motifs is 8. The minimum Gasteiger partial charge on any atom is -0.468 e. The van der Waals surface area contributed by atoms with E-state index in [1.165, 1.54) is 11.1 Å². The third kappa shape index (κ3) is 3.23. The molecule has 190 valence electrons. The Morgan fingerprint density at radius 3 is 2.51 bits per heavy atom. The Balaban J connectivity index is 1.54. The Bertz CT molecular complexity index is 2070. The fraction of sp³-hybridized carbons (Fsp3) is 0.176. The lowest BCUT2D eigenvalue weighted by Gasteiger charge is -2.37. The first-order valence-electron chi connectivity index (χ1n) is 14.8. The van der Waals surface area contributed by atoms with Gasteiger partial charge in [0.1, 0.15) is 11.3 Å². The molecule has 5 heteroatoms. The van der Waals surface area contributed by atoms with Crippen molar-refractivity contribution in [3.63, 3.8) is 0 Å². The first kappa shape index (κ1) is 20.0. The molecule has 0 saturated carbocycles. The van der Waals surface area contributed by atoms with E-state index in [1.54, 1.807) is 17.4 Å². The van der Waals surface area contributed by atoms with Crippen LogP contribution in [0.3, 0.4) is 0 Å². The van der Waals surface area contributed by atoms with Crippen LogP contribution in [0.2, 0.25) is 0 Å². The summed E-state index contributed by atoms with van der Waals surface area (Å²) in [6.45, 7) is 6.19. The van der Waals surface area contributed by atoms with E-state index in [1.807, 2.05) is 24.3 Å². The molecule has 0 spiro atoms. The number of para-hydroxylation sites is 1. The van der Waals surface area contributed by atoms with Gasteiger partial charge in [-0.2, -0.15) is 0 Å². The summed E-state index contributed by atoms with van der Waals surface area (Å²) in [5.74, 6) is 0.571. The van der Waals surface area contributed by atoms with Crippen molar-refractivity contribution in [3.8, 4) is 10.8 Å². The summed E-state index contributed by atoms with van der Waals surface area (Å²) in [6, 6.07) is 26.6. The monoisotopic (exact) mass is 528 g/mol. The normalized spacial score (nSPS) is 15.3. The van der Waals surface area contributed by atoms with E-state index in [9.17, 15) is 0 Å². The quantitative estimate of drug-likeness (QED) is 0.202. The molecule has 2 aromatic heterocycles. The zero-order valence-corrected chi connectivity index (χ0v) is 23.1. The third-order valence-electron chi connectivity index (χ3n) is 8.04. The summed E-state index contributed by atoms with van der Waals surface area (Å²) in [4.78, 5) is 2.17. The number of nitrogens with zero attached hydrogens (tertiary/aromatic N) is 1. The number of rotatable bonds is 1. The molecule has 0 atom stereocenters. The van der Waals surface area contributed by atoms with E-state index in [0.29, 0.717) is 5.75 Å². The van der Waals surface area contributed by atoms with Gasteiger partial charge in [-0.25, -0.2) is 0 Å². The first-order chi connectivity index (χ1) is 20.0. The molecule has 4 aromatic carbocycles. The molecule has 0 saturated heterocycles. The lowest BCUT2D eigenvalue weighted by Crippen LogP contribution is -2.58. The number of thiophene rings is 1. The standard InChI is InChI=1S/C34H28BNO2S/c1-19-11-14-28-24(15-19)29-33(39-28)38-27-17-20(2)16-25-30(27)35(29)32-31(36(25)22-9-7-6-8-10-22)23-18-21(34(3,4)5)12-13-26(23)37-32/h6-18H,1-5H3/i2D3. The predicted molar refractivity (Wildman–Crippen MR) is 166 cm³/mol. The minimum atomic E-state index is -2.30. The fourth-order valence-corrected chi connectivity index (χ4v) is 7.28. The molecule has 0 amide bonds. The van der Waals surface area contributed by atoms with Crippen molar-refractivity contribution in [1.82, 2.24) is 0 Å². The summed E-state index contributed by atoms with van der Waals surface area (Å²) in [5.41, 5.74) is 8.94. The van der Waals surface area contributed by atoms with Gasteiger partial charge in [0, 0.05) is 31.0 Å². The van der Waals surface area contributed by atoms with Gasteiger partial charge < -0.3 is 14.1 Å². The number of hydrogen-bond donors (Lipinski definition) is 0. The average molecular weight is 529 g/mol. The molecule has 0 fully saturated rings. The van der Waals surface area contributed by atoms with E-state index >= 15 is 0 Å². The highest BCUT2D eigenvalue weighted by molar-refractivity contribution is 7.24. The molecule has 4 heterocycles. The Hall–Kier alpha value is -3.96. The minimum absolute atomic E-state index is 0.0585. The van der Waals surface area contributed by atoms with Crippen LogP contribution in [0.15, 0.2) is 83.3 Å². The highest BCUT2D eigenvalue weighted by Gasteiger charge is 2.47. The maximum atomic E-state index is 8.34. The Morgan fingerprint density at radius 1 is 0.872 bits per heavy atom. The average Bonchev–Trinajstić information content (AvgIpc) is 3.50. The molecule has 3 nitrogen and oxygen atoms in total. The summed E-state index contributed by atoms with van der Waals surface area (Å²) in [5, 5.41) is 2.94. The third-order valence-corrected chi connectivity index (χ3v) is 9.11. The first-order valence-corrected chi connectivity index (χ1v) is 14.1. The Labute approximate surface area is 236 Å². The fourth-order valence-electron chi connectivity index (χ4n) is 6.20. The lowest BCUT2D eigenvalue weighted by atomic mass is 9.36. The summed E-state index contributed by atoms with van der Waals surface area (Å²) >= 11 is 1.60. The van der Waals surface area contributed by atoms with E-state index < -0.39 is 6.85 Å². The molecule has 8 rings (SSSR count). The van der Waals surface area contributed by atoms with Crippen LogP contribution in [-0.4, -0.2) is 6.71 Å². The van der Waals surface area contributed by atoms with Crippen molar-refractivity contribution >= 4 is 72.8 Å². The van der Waals surface area contributed by atoms with Gasteiger partial charge in [0.05, 0.1) is 11.3 Å². The number of furan rings is 1. The van der Waals surface area contributed by atoms with Gasteiger partial charge in [-0.3, -0.25) is 0 Å². The van der Waals surface area contributed by atoms with Gasteiger partial charge in [-0.05, 0) is 83.6 Å². The number of benzene rings is 4. The van der Waals surface area contributed by atoms with Crippen molar-refractivity contribution in [1.29, 1.82) is 0 Å². The van der Waals surface area contributed by atoms with E-state index in [4.69, 9.17) is 13.3 Å². The second-order valence-corrected chi connectivity index (χ2v) is 12.7. The Kier molecular flexibility index (Phi) is 4.00. The molecule has 2 aliphatic heterocycles. The van der Waals surface area contributed by atoms with Crippen molar-refractivity contribution in [3.05, 3.63) is 95.6 Å². The summed E-state index contributed by atoms with van der Waals surface area (Å²) in [6.07, 6.45) is 0. The maximum Gasteiger partial charge on any atom is 0.303 e. The molecular formula is C34H28BNO2S. The highest BCUT2D eigenvalue weighted by atomic mass is 32.1. The highest BCUT2D eigenvalue weighted by Crippen LogP contribution is 2.47. The van der Waals surface area contributed by atoms with Crippen LogP contribution in [0.1, 0.15) is 41.6 Å². The van der Waals surface area contributed by atoms with Gasteiger partial charge >= 0.3 is 6.71 Å². The van der Waals surface area contributed by atoms with E-state index in [0.717, 1.165) is 59.8 Å². The smallest absolute Gasteiger partial charge is 0.303 e. The maximum absolute atomic E-state index is 8.34.